The number of hydrogen-bond donors (Lipinski definition) is 3. The summed E-state index contributed by atoms with van der Waals surface area (Å²) in [6.45, 7) is 1.74. The predicted octanol–water partition coefficient (Wildman–Crippen LogP) is 3.41. The monoisotopic (exact) mass is 419 g/mol. The Bertz CT molecular complexity index is 901. The fraction of sp³-hybridized carbons (Fsp3) is 0.476. The maximum Gasteiger partial charge on any atom is 0.325 e. The minimum atomic E-state index is -0.977. The van der Waals surface area contributed by atoms with Gasteiger partial charge in [0.05, 0.1) is 21.9 Å². The van der Waals surface area contributed by atoms with E-state index in [-0.39, 0.29) is 19.0 Å². The molecule has 1 aliphatic rings. The van der Waals surface area contributed by atoms with Gasteiger partial charge in [-0.05, 0) is 38.0 Å². The molecule has 8 heteroatoms. The standard InChI is InChI=1S/C21H26ClN3O4/c1-14-10-18(24-25(14)12-19(26)27)15-6-7-17(22)16(11-15)20(28)23-13-21(29)8-4-2-3-5-9-21/h6-7,10-11,29H,2-5,8-9,12-13H2,1H3,(H,23,28)(H,26,27). The molecule has 3 N–H and O–H groups in total. The molecule has 7 nitrogen and oxygen atoms in total. The zero-order valence-electron chi connectivity index (χ0n) is 16.4. The van der Waals surface area contributed by atoms with Gasteiger partial charge in [-0.1, -0.05) is 43.4 Å². The van der Waals surface area contributed by atoms with E-state index >= 15 is 0 Å². The summed E-state index contributed by atoms with van der Waals surface area (Å²) < 4.78 is 1.40. The first-order valence-corrected chi connectivity index (χ1v) is 10.2. The molecular weight excluding hydrogens is 394 g/mol. The van der Waals surface area contributed by atoms with Crippen molar-refractivity contribution < 1.29 is 19.8 Å². The van der Waals surface area contributed by atoms with Crippen LogP contribution in [0.15, 0.2) is 24.3 Å². The Kier molecular flexibility index (Phi) is 6.59. The molecule has 0 spiro atoms. The van der Waals surface area contributed by atoms with E-state index in [0.717, 1.165) is 25.7 Å². The van der Waals surface area contributed by atoms with Gasteiger partial charge in [-0.15, -0.1) is 0 Å². The topological polar surface area (TPSA) is 104 Å². The Hall–Kier alpha value is -2.38. The highest BCUT2D eigenvalue weighted by molar-refractivity contribution is 6.34. The largest absolute Gasteiger partial charge is 0.480 e. The molecule has 1 aromatic heterocycles. The summed E-state index contributed by atoms with van der Waals surface area (Å²) in [5.74, 6) is -1.33. The number of aryl methyl sites for hydroxylation is 1. The molecule has 0 radical (unpaired) electrons. The Morgan fingerprint density at radius 1 is 1.21 bits per heavy atom. The second-order valence-corrected chi connectivity index (χ2v) is 8.15. The van der Waals surface area contributed by atoms with Crippen LogP contribution >= 0.6 is 11.6 Å². The van der Waals surface area contributed by atoms with Gasteiger partial charge in [0, 0.05) is 17.8 Å². The third-order valence-electron chi connectivity index (χ3n) is 5.39. The van der Waals surface area contributed by atoms with Gasteiger partial charge in [0.2, 0.25) is 0 Å². The molecule has 1 aliphatic carbocycles. The van der Waals surface area contributed by atoms with Gasteiger partial charge in [0.25, 0.3) is 5.91 Å². The molecular formula is C21H26ClN3O4. The molecule has 0 bridgehead atoms. The highest BCUT2D eigenvalue weighted by Gasteiger charge is 2.28. The number of halogens is 1. The Morgan fingerprint density at radius 3 is 2.55 bits per heavy atom. The van der Waals surface area contributed by atoms with Crippen LogP contribution in [0.1, 0.15) is 54.6 Å². The third kappa shape index (κ3) is 5.36. The van der Waals surface area contributed by atoms with E-state index in [0.29, 0.717) is 40.4 Å². The lowest BCUT2D eigenvalue weighted by molar-refractivity contribution is -0.137. The summed E-state index contributed by atoms with van der Waals surface area (Å²) in [5, 5.41) is 27.2. The zero-order valence-corrected chi connectivity index (χ0v) is 17.2. The van der Waals surface area contributed by atoms with Crippen LogP contribution in [0, 0.1) is 6.92 Å². The van der Waals surface area contributed by atoms with Crippen LogP contribution in [0.5, 0.6) is 0 Å². The Balaban J connectivity index is 1.76. The van der Waals surface area contributed by atoms with Crippen LogP contribution in [-0.2, 0) is 11.3 Å². The van der Waals surface area contributed by atoms with Crippen molar-refractivity contribution in [2.24, 2.45) is 0 Å². The van der Waals surface area contributed by atoms with Crippen LogP contribution in [0.2, 0.25) is 5.02 Å². The van der Waals surface area contributed by atoms with Crippen molar-refractivity contribution in [1.82, 2.24) is 15.1 Å². The van der Waals surface area contributed by atoms with E-state index in [1.54, 1.807) is 31.2 Å². The van der Waals surface area contributed by atoms with Crippen molar-refractivity contribution in [1.29, 1.82) is 0 Å². The fourth-order valence-corrected chi connectivity index (χ4v) is 3.90. The lowest BCUT2D eigenvalue weighted by Crippen LogP contribution is -2.42. The normalized spacial score (nSPS) is 16.2. The summed E-state index contributed by atoms with van der Waals surface area (Å²) in [5.41, 5.74) is 1.37. The first-order chi connectivity index (χ1) is 13.8. The quantitative estimate of drug-likeness (QED) is 0.622. The van der Waals surface area contributed by atoms with Crippen LogP contribution in [0.3, 0.4) is 0 Å². The van der Waals surface area contributed by atoms with E-state index in [1.165, 1.54) is 4.68 Å². The summed E-state index contributed by atoms with van der Waals surface area (Å²) in [6.07, 6.45) is 5.50. The van der Waals surface area contributed by atoms with E-state index in [2.05, 4.69) is 10.4 Å². The van der Waals surface area contributed by atoms with Crippen molar-refractivity contribution in [2.75, 3.05) is 6.54 Å². The predicted molar refractivity (Wildman–Crippen MR) is 110 cm³/mol. The molecule has 156 valence electrons. The van der Waals surface area contributed by atoms with Gasteiger partial charge < -0.3 is 15.5 Å². The minimum absolute atomic E-state index is 0.193. The molecule has 1 saturated carbocycles. The van der Waals surface area contributed by atoms with Crippen LogP contribution in [-0.4, -0.2) is 44.0 Å². The van der Waals surface area contributed by atoms with Crippen molar-refractivity contribution in [3.05, 3.63) is 40.5 Å². The lowest BCUT2D eigenvalue weighted by Gasteiger charge is -2.26. The van der Waals surface area contributed by atoms with Gasteiger partial charge in [0.15, 0.2) is 0 Å². The summed E-state index contributed by atoms with van der Waals surface area (Å²) in [7, 11) is 0. The average molecular weight is 420 g/mol. The maximum absolute atomic E-state index is 12.7. The number of carbonyl (C=O) groups excluding carboxylic acids is 1. The number of aromatic nitrogens is 2. The average Bonchev–Trinajstić information content (AvgIpc) is 2.88. The number of aliphatic carboxylic acids is 1. The van der Waals surface area contributed by atoms with Gasteiger partial charge in [-0.2, -0.15) is 5.10 Å². The molecule has 0 unspecified atom stereocenters. The van der Waals surface area contributed by atoms with Crippen LogP contribution < -0.4 is 5.32 Å². The summed E-state index contributed by atoms with van der Waals surface area (Å²) in [6, 6.07) is 6.77. The van der Waals surface area contributed by atoms with Gasteiger partial charge in [-0.3, -0.25) is 14.3 Å². The number of carboxylic acid groups (broad SMARTS) is 1. The molecule has 1 heterocycles. The number of carbonyl (C=O) groups is 2. The van der Waals surface area contributed by atoms with Crippen molar-refractivity contribution in [3.63, 3.8) is 0 Å². The van der Waals surface area contributed by atoms with Crippen molar-refractivity contribution >= 4 is 23.5 Å². The first-order valence-electron chi connectivity index (χ1n) is 9.84. The maximum atomic E-state index is 12.7. The Labute approximate surface area is 174 Å². The van der Waals surface area contributed by atoms with E-state index < -0.39 is 11.6 Å². The minimum Gasteiger partial charge on any atom is -0.480 e. The van der Waals surface area contributed by atoms with Crippen molar-refractivity contribution in [3.8, 4) is 11.3 Å². The number of benzene rings is 1. The van der Waals surface area contributed by atoms with Crippen LogP contribution in [0.4, 0.5) is 0 Å². The number of aliphatic hydroxyl groups is 1. The zero-order chi connectivity index (χ0) is 21.0. The number of hydrogen-bond acceptors (Lipinski definition) is 4. The van der Waals surface area contributed by atoms with Gasteiger partial charge in [0.1, 0.15) is 6.54 Å². The molecule has 0 aliphatic heterocycles. The number of nitrogens with one attached hydrogen (secondary N) is 1. The molecule has 29 heavy (non-hydrogen) atoms. The van der Waals surface area contributed by atoms with Gasteiger partial charge in [-0.25, -0.2) is 0 Å². The van der Waals surface area contributed by atoms with Gasteiger partial charge >= 0.3 is 5.97 Å². The first kappa shape index (κ1) is 21.3. The number of rotatable bonds is 6. The molecule has 0 saturated heterocycles. The Morgan fingerprint density at radius 2 is 1.90 bits per heavy atom. The highest BCUT2D eigenvalue weighted by Crippen LogP contribution is 2.28. The number of nitrogens with zero attached hydrogens (tertiary/aromatic N) is 2. The molecule has 0 atom stereocenters. The smallest absolute Gasteiger partial charge is 0.325 e. The van der Waals surface area contributed by atoms with E-state index in [4.69, 9.17) is 16.7 Å². The number of carboxylic acids is 1. The SMILES string of the molecule is Cc1cc(-c2ccc(Cl)c(C(=O)NCC3(O)CCCCCC3)c2)nn1CC(=O)O. The third-order valence-corrected chi connectivity index (χ3v) is 5.71. The molecule has 1 amide bonds. The van der Waals surface area contributed by atoms with E-state index in [9.17, 15) is 14.7 Å². The lowest BCUT2D eigenvalue weighted by atomic mass is 9.94. The molecule has 1 fully saturated rings. The van der Waals surface area contributed by atoms with E-state index in [1.807, 2.05) is 0 Å². The number of amides is 1. The molecule has 3 rings (SSSR count). The molecule has 1 aromatic carbocycles. The van der Waals surface area contributed by atoms with Crippen molar-refractivity contribution in [2.45, 2.75) is 57.6 Å². The summed E-state index contributed by atoms with van der Waals surface area (Å²) in [4.78, 5) is 23.7. The van der Waals surface area contributed by atoms with Crippen LogP contribution in [0.25, 0.3) is 11.3 Å². The summed E-state index contributed by atoms with van der Waals surface area (Å²) >= 11 is 6.24. The molecule has 2 aromatic rings. The highest BCUT2D eigenvalue weighted by atomic mass is 35.5. The fourth-order valence-electron chi connectivity index (χ4n) is 3.70. The second-order valence-electron chi connectivity index (χ2n) is 7.74. The second kappa shape index (κ2) is 8.97.